The molecule has 0 N–H and O–H groups in total. The first-order chi connectivity index (χ1) is 5.52. The van der Waals surface area contributed by atoms with Gasteiger partial charge in [-0.1, -0.05) is 6.58 Å². The molecular weight excluding hydrogens is 218 g/mol. The van der Waals surface area contributed by atoms with Gasteiger partial charge in [-0.05, 0) is 22.9 Å². The van der Waals surface area contributed by atoms with Crippen LogP contribution in [0.5, 0.6) is 0 Å². The molecule has 0 unspecified atom stereocenters. The molecule has 0 aliphatic rings. The lowest BCUT2D eigenvalue weighted by atomic mass is 10.4. The Bertz CT molecular complexity index is 284. The predicted molar refractivity (Wildman–Crippen MR) is 54.1 cm³/mol. The van der Waals surface area contributed by atoms with Crippen LogP contribution in [0, 0.1) is 0 Å². The van der Waals surface area contributed by atoms with Gasteiger partial charge in [0.05, 0.1) is 0 Å². The van der Waals surface area contributed by atoms with E-state index in [2.05, 4.69) is 27.6 Å². The van der Waals surface area contributed by atoms with Gasteiger partial charge in [0.15, 0.2) is 5.82 Å². The molecule has 66 valence electrons. The van der Waals surface area contributed by atoms with E-state index in [1.54, 1.807) is 4.68 Å². The van der Waals surface area contributed by atoms with Gasteiger partial charge < -0.3 is 4.90 Å². The molecule has 1 rings (SSSR count). The van der Waals surface area contributed by atoms with Gasteiger partial charge in [0, 0.05) is 25.9 Å². The second kappa shape index (κ2) is 3.31. The summed E-state index contributed by atoms with van der Waals surface area (Å²) in [6.45, 7) is 5.78. The molecule has 0 amide bonds. The van der Waals surface area contributed by atoms with E-state index in [-0.39, 0.29) is 0 Å². The minimum Gasteiger partial charge on any atom is -0.333 e. The first kappa shape index (κ1) is 9.32. The number of anilines is 1. The van der Waals surface area contributed by atoms with Crippen LogP contribution in [0.4, 0.5) is 5.82 Å². The van der Waals surface area contributed by atoms with E-state index in [1.165, 1.54) is 0 Å². The lowest BCUT2D eigenvalue weighted by Gasteiger charge is -2.14. The van der Waals surface area contributed by atoms with Crippen molar-refractivity contribution in [1.29, 1.82) is 0 Å². The standard InChI is InChI=1S/C8H12BrN3/c1-6(2)11(3)8-5-7(9)12(4)10-8/h5H,1H2,2-4H3. The summed E-state index contributed by atoms with van der Waals surface area (Å²) >= 11 is 3.38. The minimum absolute atomic E-state index is 0.900. The van der Waals surface area contributed by atoms with Gasteiger partial charge in [-0.2, -0.15) is 5.10 Å². The Labute approximate surface area is 80.8 Å². The van der Waals surface area contributed by atoms with Crippen molar-refractivity contribution in [2.24, 2.45) is 7.05 Å². The van der Waals surface area contributed by atoms with E-state index in [0.717, 1.165) is 16.1 Å². The van der Waals surface area contributed by atoms with Crippen LogP contribution in [0.15, 0.2) is 22.9 Å². The van der Waals surface area contributed by atoms with E-state index >= 15 is 0 Å². The van der Waals surface area contributed by atoms with Crippen LogP contribution in [-0.4, -0.2) is 16.8 Å². The first-order valence-electron chi connectivity index (χ1n) is 3.61. The zero-order chi connectivity index (χ0) is 9.30. The maximum absolute atomic E-state index is 4.27. The first-order valence-corrected chi connectivity index (χ1v) is 4.40. The average Bonchev–Trinajstić information content (AvgIpc) is 2.30. The second-order valence-corrected chi connectivity index (χ2v) is 3.56. The molecular formula is C8H12BrN3. The Balaban J connectivity index is 2.96. The highest BCUT2D eigenvalue weighted by Gasteiger charge is 2.06. The Kier molecular flexibility index (Phi) is 2.57. The van der Waals surface area contributed by atoms with Crippen LogP contribution < -0.4 is 4.90 Å². The van der Waals surface area contributed by atoms with Crippen LogP contribution in [0.2, 0.25) is 0 Å². The third kappa shape index (κ3) is 1.69. The van der Waals surface area contributed by atoms with Crippen LogP contribution >= 0.6 is 15.9 Å². The summed E-state index contributed by atoms with van der Waals surface area (Å²) in [5.74, 6) is 0.900. The summed E-state index contributed by atoms with van der Waals surface area (Å²) < 4.78 is 2.74. The maximum Gasteiger partial charge on any atom is 0.155 e. The summed E-state index contributed by atoms with van der Waals surface area (Å²) in [5, 5.41) is 4.27. The summed E-state index contributed by atoms with van der Waals surface area (Å²) in [7, 11) is 3.83. The number of rotatable bonds is 2. The van der Waals surface area contributed by atoms with Crippen LogP contribution in [-0.2, 0) is 7.05 Å². The van der Waals surface area contributed by atoms with E-state index in [1.807, 2.05) is 32.0 Å². The summed E-state index contributed by atoms with van der Waals surface area (Å²) in [6, 6.07) is 1.95. The zero-order valence-corrected chi connectivity index (χ0v) is 9.09. The topological polar surface area (TPSA) is 21.1 Å². The van der Waals surface area contributed by atoms with Crippen LogP contribution in [0.3, 0.4) is 0 Å². The highest BCUT2D eigenvalue weighted by atomic mass is 79.9. The monoisotopic (exact) mass is 229 g/mol. The third-order valence-corrected chi connectivity index (χ3v) is 2.47. The maximum atomic E-state index is 4.27. The lowest BCUT2D eigenvalue weighted by molar-refractivity contribution is 0.745. The number of halogens is 1. The Morgan fingerprint density at radius 2 is 2.33 bits per heavy atom. The zero-order valence-electron chi connectivity index (χ0n) is 7.50. The van der Waals surface area contributed by atoms with E-state index in [4.69, 9.17) is 0 Å². The largest absolute Gasteiger partial charge is 0.333 e. The quantitative estimate of drug-likeness (QED) is 0.776. The molecule has 0 saturated carbocycles. The third-order valence-electron chi connectivity index (χ3n) is 1.73. The van der Waals surface area contributed by atoms with E-state index in [0.29, 0.717) is 0 Å². The van der Waals surface area contributed by atoms with Crippen molar-refractivity contribution < 1.29 is 0 Å². The van der Waals surface area contributed by atoms with Crippen molar-refractivity contribution in [3.05, 3.63) is 22.9 Å². The van der Waals surface area contributed by atoms with Gasteiger partial charge in [0.25, 0.3) is 0 Å². The van der Waals surface area contributed by atoms with Gasteiger partial charge in [0.1, 0.15) is 4.60 Å². The number of hydrogen-bond donors (Lipinski definition) is 0. The molecule has 3 nitrogen and oxygen atoms in total. The fourth-order valence-electron chi connectivity index (χ4n) is 0.790. The van der Waals surface area contributed by atoms with Crippen molar-refractivity contribution in [3.63, 3.8) is 0 Å². The molecule has 4 heteroatoms. The van der Waals surface area contributed by atoms with Crippen LogP contribution in [0.1, 0.15) is 6.92 Å². The molecule has 12 heavy (non-hydrogen) atoms. The molecule has 0 radical (unpaired) electrons. The van der Waals surface area contributed by atoms with E-state index < -0.39 is 0 Å². The minimum atomic E-state index is 0.900. The normalized spacial score (nSPS) is 10.0. The van der Waals surface area contributed by atoms with Crippen molar-refractivity contribution in [1.82, 2.24) is 9.78 Å². The summed E-state index contributed by atoms with van der Waals surface area (Å²) in [4.78, 5) is 1.94. The SMILES string of the molecule is C=C(C)N(C)c1cc(Br)n(C)n1. The number of allylic oxidation sites excluding steroid dienone is 1. The predicted octanol–water partition coefficient (Wildman–Crippen LogP) is 2.15. The van der Waals surface area contributed by atoms with Gasteiger partial charge in [-0.15, -0.1) is 0 Å². The Hall–Kier alpha value is -0.770. The highest BCUT2D eigenvalue weighted by molar-refractivity contribution is 9.10. The van der Waals surface area contributed by atoms with Crippen molar-refractivity contribution >= 4 is 21.7 Å². The molecule has 1 aromatic heterocycles. The molecule has 0 bridgehead atoms. The Morgan fingerprint density at radius 1 is 1.75 bits per heavy atom. The van der Waals surface area contributed by atoms with Crippen molar-refractivity contribution in [2.75, 3.05) is 11.9 Å². The van der Waals surface area contributed by atoms with Gasteiger partial charge >= 0.3 is 0 Å². The molecule has 0 atom stereocenters. The fraction of sp³-hybridized carbons (Fsp3) is 0.375. The molecule has 0 spiro atoms. The number of aryl methyl sites for hydroxylation is 1. The molecule has 0 aliphatic heterocycles. The average molecular weight is 230 g/mol. The highest BCUT2D eigenvalue weighted by Crippen LogP contribution is 2.19. The molecule has 0 saturated heterocycles. The number of nitrogens with zero attached hydrogens (tertiary/aromatic N) is 3. The molecule has 0 fully saturated rings. The fourth-order valence-corrected chi connectivity index (χ4v) is 1.07. The second-order valence-electron chi connectivity index (χ2n) is 2.74. The molecule has 0 aliphatic carbocycles. The summed E-state index contributed by atoms with van der Waals surface area (Å²) in [5.41, 5.74) is 0.973. The van der Waals surface area contributed by atoms with Crippen molar-refractivity contribution in [3.8, 4) is 0 Å². The van der Waals surface area contributed by atoms with E-state index in [9.17, 15) is 0 Å². The van der Waals surface area contributed by atoms with Crippen molar-refractivity contribution in [2.45, 2.75) is 6.92 Å². The molecule has 1 aromatic rings. The van der Waals surface area contributed by atoms with Crippen LogP contribution in [0.25, 0.3) is 0 Å². The van der Waals surface area contributed by atoms with Gasteiger partial charge in [-0.25, -0.2) is 0 Å². The molecule has 0 aromatic carbocycles. The lowest BCUT2D eigenvalue weighted by Crippen LogP contribution is -2.13. The molecule has 1 heterocycles. The van der Waals surface area contributed by atoms with Gasteiger partial charge in [-0.3, -0.25) is 4.68 Å². The Morgan fingerprint density at radius 3 is 2.67 bits per heavy atom. The smallest absolute Gasteiger partial charge is 0.155 e. The number of aromatic nitrogens is 2. The van der Waals surface area contributed by atoms with Gasteiger partial charge in [0.2, 0.25) is 0 Å². The number of hydrogen-bond acceptors (Lipinski definition) is 2. The summed E-state index contributed by atoms with van der Waals surface area (Å²) in [6.07, 6.45) is 0.